The molecule has 0 saturated carbocycles. The number of pyridine rings is 1. The zero-order chi connectivity index (χ0) is 30.2. The number of furan rings is 1. The van der Waals surface area contributed by atoms with Crippen LogP contribution < -0.4 is 10.9 Å². The number of anilines is 2. The molecule has 42 heavy (non-hydrogen) atoms. The van der Waals surface area contributed by atoms with Gasteiger partial charge in [0.05, 0.1) is 18.1 Å². The molecule has 1 amide bonds. The number of hydrogen-bond donors (Lipinski definition) is 1. The molecule has 1 saturated heterocycles. The highest BCUT2D eigenvalue weighted by Crippen LogP contribution is 2.33. The number of thioether (sulfide) groups is 1. The van der Waals surface area contributed by atoms with E-state index in [1.54, 1.807) is 27.9 Å². The first kappa shape index (κ1) is 29.8. The Labute approximate surface area is 248 Å². The van der Waals surface area contributed by atoms with Gasteiger partial charge >= 0.3 is 0 Å². The molecule has 11 nitrogen and oxygen atoms in total. The van der Waals surface area contributed by atoms with Gasteiger partial charge < -0.3 is 19.5 Å². The maximum Gasteiger partial charge on any atom is 0.265 e. The SMILES string of the molecule is CC(C)S(=O)(=O)c1occc1Cn1c(=O)c(C(=O)N(C)C)cc2cnc(Nc3ccc(C4CN(C)CCS4)cc3)nc21. The normalized spacial score (nSPS) is 16.2. The fourth-order valence-electron chi connectivity index (χ4n) is 4.72. The lowest BCUT2D eigenvalue weighted by atomic mass is 10.1. The topological polar surface area (TPSA) is 131 Å². The van der Waals surface area contributed by atoms with Crippen LogP contribution in [0.15, 0.2) is 63.2 Å². The summed E-state index contributed by atoms with van der Waals surface area (Å²) in [6, 6.07) is 11.1. The second-order valence-corrected chi connectivity index (χ2v) is 14.5. The molecule has 1 aliphatic rings. The molecule has 0 radical (unpaired) electrons. The molecular formula is C29H34N6O5S2. The van der Waals surface area contributed by atoms with Gasteiger partial charge in [-0.15, -0.1) is 0 Å². The summed E-state index contributed by atoms with van der Waals surface area (Å²) in [5.74, 6) is 0.867. The number of amides is 1. The van der Waals surface area contributed by atoms with E-state index in [0.29, 0.717) is 10.6 Å². The van der Waals surface area contributed by atoms with Crippen LogP contribution in [0.2, 0.25) is 0 Å². The van der Waals surface area contributed by atoms with Crippen LogP contribution in [0.1, 0.15) is 40.6 Å². The number of nitrogens with one attached hydrogen (secondary N) is 1. The van der Waals surface area contributed by atoms with Crippen LogP contribution in [0.25, 0.3) is 11.0 Å². The minimum Gasteiger partial charge on any atom is -0.453 e. The van der Waals surface area contributed by atoms with Crippen molar-refractivity contribution in [2.45, 2.75) is 36.0 Å². The first-order chi connectivity index (χ1) is 20.0. The van der Waals surface area contributed by atoms with E-state index in [9.17, 15) is 18.0 Å². The Kier molecular flexibility index (Phi) is 8.44. The Morgan fingerprint density at radius 3 is 2.62 bits per heavy atom. The van der Waals surface area contributed by atoms with E-state index in [4.69, 9.17) is 4.42 Å². The third kappa shape index (κ3) is 5.94. The van der Waals surface area contributed by atoms with Gasteiger partial charge in [-0.3, -0.25) is 14.2 Å². The van der Waals surface area contributed by atoms with Crippen molar-refractivity contribution in [3.05, 3.63) is 75.9 Å². The van der Waals surface area contributed by atoms with Gasteiger partial charge in [-0.1, -0.05) is 12.1 Å². The van der Waals surface area contributed by atoms with Crippen molar-refractivity contribution in [2.24, 2.45) is 0 Å². The molecule has 0 spiro atoms. The molecule has 13 heteroatoms. The summed E-state index contributed by atoms with van der Waals surface area (Å²) in [6.07, 6.45) is 2.82. The number of fused-ring (bicyclic) bond motifs is 1. The molecule has 3 aromatic heterocycles. The van der Waals surface area contributed by atoms with E-state index >= 15 is 0 Å². The first-order valence-electron chi connectivity index (χ1n) is 13.6. The largest absolute Gasteiger partial charge is 0.453 e. The maximum atomic E-state index is 13.7. The Morgan fingerprint density at radius 2 is 1.95 bits per heavy atom. The molecule has 1 aromatic carbocycles. The summed E-state index contributed by atoms with van der Waals surface area (Å²) in [6.45, 7) is 5.04. The summed E-state index contributed by atoms with van der Waals surface area (Å²) in [4.78, 5) is 39.3. The number of hydrogen-bond acceptors (Lipinski definition) is 10. The van der Waals surface area contributed by atoms with Crippen molar-refractivity contribution in [2.75, 3.05) is 45.3 Å². The Balaban J connectivity index is 1.53. The van der Waals surface area contributed by atoms with Crippen LogP contribution in [-0.4, -0.2) is 83.9 Å². The fraction of sp³-hybridized carbons (Fsp3) is 0.379. The van der Waals surface area contributed by atoms with E-state index in [1.807, 2.05) is 23.9 Å². The molecule has 4 heterocycles. The lowest BCUT2D eigenvalue weighted by Gasteiger charge is -2.29. The molecule has 1 aliphatic heterocycles. The van der Waals surface area contributed by atoms with Crippen molar-refractivity contribution in [3.63, 3.8) is 0 Å². The Morgan fingerprint density at radius 1 is 1.21 bits per heavy atom. The zero-order valence-electron chi connectivity index (χ0n) is 24.2. The first-order valence-corrected chi connectivity index (χ1v) is 16.1. The van der Waals surface area contributed by atoms with Crippen LogP contribution in [0.3, 0.4) is 0 Å². The highest BCUT2D eigenvalue weighted by Gasteiger charge is 2.28. The number of benzene rings is 1. The number of nitrogens with zero attached hydrogens (tertiary/aromatic N) is 5. The summed E-state index contributed by atoms with van der Waals surface area (Å²) in [5.41, 5.74) is 1.89. The summed E-state index contributed by atoms with van der Waals surface area (Å²) in [7, 11) is 1.48. The van der Waals surface area contributed by atoms with Gasteiger partial charge in [0.2, 0.25) is 20.9 Å². The monoisotopic (exact) mass is 610 g/mol. The van der Waals surface area contributed by atoms with Crippen LogP contribution in [0.5, 0.6) is 0 Å². The molecule has 1 atom stereocenters. The van der Waals surface area contributed by atoms with E-state index in [-0.39, 0.29) is 34.4 Å². The second-order valence-electron chi connectivity index (χ2n) is 10.8. The van der Waals surface area contributed by atoms with Crippen molar-refractivity contribution in [3.8, 4) is 0 Å². The molecule has 0 aliphatic carbocycles. The van der Waals surface area contributed by atoms with E-state index in [0.717, 1.165) is 24.5 Å². The van der Waals surface area contributed by atoms with Crippen LogP contribution in [-0.2, 0) is 16.4 Å². The van der Waals surface area contributed by atoms with Gasteiger partial charge in [0.15, 0.2) is 0 Å². The number of aromatic nitrogens is 3. The summed E-state index contributed by atoms with van der Waals surface area (Å²) < 4.78 is 32.5. The number of likely N-dealkylation sites (N-methyl/N-ethyl adjacent to an activating group) is 1. The molecule has 4 aromatic rings. The van der Waals surface area contributed by atoms with Crippen molar-refractivity contribution in [1.29, 1.82) is 0 Å². The highest BCUT2D eigenvalue weighted by atomic mass is 32.2. The van der Waals surface area contributed by atoms with Gasteiger partial charge in [0.1, 0.15) is 11.2 Å². The van der Waals surface area contributed by atoms with Crippen LogP contribution >= 0.6 is 11.8 Å². The summed E-state index contributed by atoms with van der Waals surface area (Å²) in [5, 5.41) is 3.14. The summed E-state index contributed by atoms with van der Waals surface area (Å²) >= 11 is 1.95. The molecule has 5 rings (SSSR count). The number of rotatable bonds is 8. The predicted octanol–water partition coefficient (Wildman–Crippen LogP) is 3.78. The van der Waals surface area contributed by atoms with E-state index in [2.05, 4.69) is 39.4 Å². The quantitative estimate of drug-likeness (QED) is 0.315. The van der Waals surface area contributed by atoms with Gasteiger partial charge in [-0.05, 0) is 50.7 Å². The maximum absolute atomic E-state index is 13.7. The zero-order valence-corrected chi connectivity index (χ0v) is 25.8. The van der Waals surface area contributed by atoms with E-state index in [1.165, 1.54) is 39.6 Å². The van der Waals surface area contributed by atoms with Gasteiger partial charge in [-0.2, -0.15) is 16.7 Å². The average molecular weight is 611 g/mol. The third-order valence-corrected chi connectivity index (χ3v) is 10.5. The molecular weight excluding hydrogens is 576 g/mol. The minimum absolute atomic E-state index is 0.0737. The van der Waals surface area contributed by atoms with Gasteiger partial charge in [0, 0.05) is 61.0 Å². The number of sulfone groups is 1. The Bertz CT molecular complexity index is 1780. The molecule has 222 valence electrons. The van der Waals surface area contributed by atoms with Crippen LogP contribution in [0.4, 0.5) is 11.6 Å². The highest BCUT2D eigenvalue weighted by molar-refractivity contribution is 7.99. The molecule has 0 bridgehead atoms. The van der Waals surface area contributed by atoms with Gasteiger partial charge in [0.25, 0.3) is 11.5 Å². The standard InChI is InChI=1S/C29H34N6O5S2/c1-18(2)42(38,39)28-20(10-12-40-28)16-35-25-21(14-23(27(35)37)26(36)33(3)4)15-30-29(32-25)31-22-8-6-19(7-9-22)24-17-34(5)11-13-41-24/h6-10,12,14-15,18,24H,11,13,16-17H2,1-5H3,(H,30,31,32). The fourth-order valence-corrected chi connectivity index (χ4v) is 7.25. The third-order valence-electron chi connectivity index (χ3n) is 7.19. The number of carbonyl (C=O) groups is 1. The van der Waals surface area contributed by atoms with Crippen molar-refractivity contribution >= 4 is 50.2 Å². The average Bonchev–Trinajstić information content (AvgIpc) is 3.43. The lowest BCUT2D eigenvalue weighted by molar-refractivity contribution is 0.0825. The van der Waals surface area contributed by atoms with E-state index < -0.39 is 26.6 Å². The van der Waals surface area contributed by atoms with Crippen molar-refractivity contribution < 1.29 is 17.6 Å². The smallest absolute Gasteiger partial charge is 0.265 e. The molecule has 1 fully saturated rings. The minimum atomic E-state index is -3.76. The van der Waals surface area contributed by atoms with Crippen LogP contribution in [0, 0.1) is 0 Å². The molecule has 1 unspecified atom stereocenters. The second kappa shape index (κ2) is 11.9. The van der Waals surface area contributed by atoms with Gasteiger partial charge in [-0.25, -0.2) is 13.4 Å². The lowest BCUT2D eigenvalue weighted by Crippen LogP contribution is -2.33. The van der Waals surface area contributed by atoms with Crippen molar-refractivity contribution in [1.82, 2.24) is 24.3 Å². The number of carbonyl (C=O) groups excluding carboxylic acids is 1. The molecule has 1 N–H and O–H groups in total. The predicted molar refractivity (Wildman–Crippen MR) is 164 cm³/mol. The Hall–Kier alpha value is -3.68.